The summed E-state index contributed by atoms with van der Waals surface area (Å²) >= 11 is 3.79. The summed E-state index contributed by atoms with van der Waals surface area (Å²) in [6, 6.07) is 9.81. The second-order valence-corrected chi connectivity index (χ2v) is 5.89. The molecule has 0 saturated heterocycles. The first-order chi connectivity index (χ1) is 12.2. The summed E-state index contributed by atoms with van der Waals surface area (Å²) in [7, 11) is 0. The van der Waals surface area contributed by atoms with E-state index in [2.05, 4.69) is 33.2 Å². The maximum absolute atomic E-state index is 11.8. The summed E-state index contributed by atoms with van der Waals surface area (Å²) in [6.45, 7) is 2.65. The highest BCUT2D eigenvalue weighted by Crippen LogP contribution is 2.17. The Morgan fingerprint density at radius 2 is 1.96 bits per heavy atom. The lowest BCUT2D eigenvalue weighted by molar-refractivity contribution is -0.116. The monoisotopic (exact) mass is 362 g/mol. The number of nitrogens with one attached hydrogen (secondary N) is 3. The molecule has 1 aromatic carbocycles. The number of thiol groups is 1. The maximum atomic E-state index is 11.8. The molecule has 1 aromatic heterocycles. The molecule has 3 N–H and O–H groups in total. The Bertz CT molecular complexity index is 617. The first-order valence-electron chi connectivity index (χ1n) is 8.39. The van der Waals surface area contributed by atoms with E-state index < -0.39 is 0 Å². The number of benzene rings is 1. The molecule has 0 aliphatic carbocycles. The molecule has 0 aliphatic heterocycles. The largest absolute Gasteiger partial charge is 0.359 e. The van der Waals surface area contributed by atoms with Crippen LogP contribution < -0.4 is 10.6 Å². The lowest BCUT2D eigenvalue weighted by atomic mass is 10.2. The standard InChI is InChI=1S/C16H20N4O2.C2H6S/c21-12-17-10-6-2-5-9-15(22)20-16-18-11-14(19-16)13-7-3-1-4-8-13;1-2-3/h1,3-4,7-8,11-12H,2,5-6,9-10H2,(H,17,21)(H2,18,19,20,22);3H,2H2,1H3. The van der Waals surface area contributed by atoms with E-state index in [0.29, 0.717) is 25.3 Å². The van der Waals surface area contributed by atoms with Crippen LogP contribution in [0.5, 0.6) is 0 Å². The van der Waals surface area contributed by atoms with E-state index in [0.717, 1.165) is 36.3 Å². The quantitative estimate of drug-likeness (QED) is 0.314. The van der Waals surface area contributed by atoms with Crippen molar-refractivity contribution < 1.29 is 9.59 Å². The number of carbonyl (C=O) groups excluding carboxylic acids is 2. The number of carbonyl (C=O) groups is 2. The van der Waals surface area contributed by atoms with Crippen molar-refractivity contribution >= 4 is 30.9 Å². The van der Waals surface area contributed by atoms with Crippen LogP contribution in [0.3, 0.4) is 0 Å². The Hall–Kier alpha value is -2.28. The second-order valence-electron chi connectivity index (χ2n) is 5.26. The fraction of sp³-hybridized carbons (Fsp3) is 0.389. The SMILES string of the molecule is CCS.O=CNCCCCCC(=O)Nc1ncc(-c2ccccc2)[nH]1. The van der Waals surface area contributed by atoms with Crippen molar-refractivity contribution in [1.82, 2.24) is 15.3 Å². The summed E-state index contributed by atoms with van der Waals surface area (Å²) in [4.78, 5) is 29.1. The zero-order valence-corrected chi connectivity index (χ0v) is 15.4. The predicted octanol–water partition coefficient (Wildman–Crippen LogP) is 3.26. The van der Waals surface area contributed by atoms with Crippen LogP contribution in [-0.2, 0) is 9.59 Å². The van der Waals surface area contributed by atoms with E-state index >= 15 is 0 Å². The zero-order valence-electron chi connectivity index (χ0n) is 14.5. The van der Waals surface area contributed by atoms with Gasteiger partial charge in [0, 0.05) is 13.0 Å². The second kappa shape index (κ2) is 13.1. The minimum absolute atomic E-state index is 0.0580. The van der Waals surface area contributed by atoms with Crippen LogP contribution in [0.15, 0.2) is 36.5 Å². The number of imidazole rings is 1. The number of aromatic nitrogens is 2. The number of amides is 2. The van der Waals surface area contributed by atoms with Gasteiger partial charge in [0.15, 0.2) is 0 Å². The molecule has 0 aliphatic rings. The topological polar surface area (TPSA) is 86.9 Å². The lowest BCUT2D eigenvalue weighted by Gasteiger charge is -2.02. The Morgan fingerprint density at radius 3 is 2.64 bits per heavy atom. The van der Waals surface area contributed by atoms with Gasteiger partial charge in [-0.05, 0) is 24.2 Å². The Kier molecular flexibility index (Phi) is 10.8. The minimum atomic E-state index is -0.0580. The zero-order chi connectivity index (χ0) is 18.3. The lowest BCUT2D eigenvalue weighted by Crippen LogP contribution is -2.14. The van der Waals surface area contributed by atoms with Crippen LogP contribution >= 0.6 is 12.6 Å². The fourth-order valence-electron chi connectivity index (χ4n) is 2.09. The van der Waals surface area contributed by atoms with Crippen molar-refractivity contribution in [1.29, 1.82) is 0 Å². The van der Waals surface area contributed by atoms with Gasteiger partial charge in [-0.25, -0.2) is 4.98 Å². The van der Waals surface area contributed by atoms with Crippen molar-refractivity contribution in [2.45, 2.75) is 32.6 Å². The number of anilines is 1. The summed E-state index contributed by atoms with van der Waals surface area (Å²) < 4.78 is 0. The molecule has 136 valence electrons. The number of H-pyrrole nitrogens is 1. The molecule has 1 heterocycles. The third-order valence-electron chi connectivity index (χ3n) is 3.23. The molecule has 0 bridgehead atoms. The molecule has 0 fully saturated rings. The first kappa shape index (κ1) is 20.8. The van der Waals surface area contributed by atoms with Crippen LogP contribution in [0, 0.1) is 0 Å². The van der Waals surface area contributed by atoms with E-state index in [-0.39, 0.29) is 5.91 Å². The van der Waals surface area contributed by atoms with Gasteiger partial charge in [-0.1, -0.05) is 43.7 Å². The van der Waals surface area contributed by atoms with Gasteiger partial charge in [-0.3, -0.25) is 14.9 Å². The van der Waals surface area contributed by atoms with Crippen molar-refractivity contribution in [3.05, 3.63) is 36.5 Å². The molecule has 7 heteroatoms. The normalized spacial score (nSPS) is 9.68. The third-order valence-corrected chi connectivity index (χ3v) is 3.23. The summed E-state index contributed by atoms with van der Waals surface area (Å²) in [6.07, 6.45) is 5.41. The van der Waals surface area contributed by atoms with Gasteiger partial charge in [0.2, 0.25) is 18.3 Å². The fourth-order valence-corrected chi connectivity index (χ4v) is 2.09. The van der Waals surface area contributed by atoms with Crippen molar-refractivity contribution in [2.75, 3.05) is 17.6 Å². The molecular formula is C18H26N4O2S. The molecule has 2 amide bonds. The highest BCUT2D eigenvalue weighted by Gasteiger charge is 2.06. The first-order valence-corrected chi connectivity index (χ1v) is 9.02. The van der Waals surface area contributed by atoms with Crippen LogP contribution in [0.25, 0.3) is 11.3 Å². The smallest absolute Gasteiger partial charge is 0.226 e. The average molecular weight is 362 g/mol. The van der Waals surface area contributed by atoms with Crippen molar-refractivity contribution in [3.63, 3.8) is 0 Å². The average Bonchev–Trinajstić information content (AvgIpc) is 3.08. The molecule has 0 unspecified atom stereocenters. The number of unbranched alkanes of at least 4 members (excludes halogenated alkanes) is 2. The number of hydrogen-bond donors (Lipinski definition) is 4. The molecule has 0 radical (unpaired) electrons. The summed E-state index contributed by atoms with van der Waals surface area (Å²) in [5.74, 6) is 1.35. The number of rotatable bonds is 9. The van der Waals surface area contributed by atoms with Crippen molar-refractivity contribution in [3.8, 4) is 11.3 Å². The van der Waals surface area contributed by atoms with E-state index in [1.165, 1.54) is 0 Å². The highest BCUT2D eigenvalue weighted by molar-refractivity contribution is 7.80. The van der Waals surface area contributed by atoms with E-state index in [1.807, 2.05) is 37.3 Å². The summed E-state index contributed by atoms with van der Waals surface area (Å²) in [5, 5.41) is 5.36. The molecule has 0 atom stereocenters. The number of nitrogens with zero attached hydrogens (tertiary/aromatic N) is 1. The highest BCUT2D eigenvalue weighted by atomic mass is 32.1. The Labute approximate surface area is 154 Å². The van der Waals surface area contributed by atoms with Gasteiger partial charge in [0.05, 0.1) is 11.9 Å². The van der Waals surface area contributed by atoms with Gasteiger partial charge >= 0.3 is 0 Å². The Morgan fingerprint density at radius 1 is 1.24 bits per heavy atom. The van der Waals surface area contributed by atoms with E-state index in [4.69, 9.17) is 0 Å². The van der Waals surface area contributed by atoms with E-state index in [9.17, 15) is 9.59 Å². The van der Waals surface area contributed by atoms with E-state index in [1.54, 1.807) is 6.20 Å². The summed E-state index contributed by atoms with van der Waals surface area (Å²) in [5.41, 5.74) is 1.90. The van der Waals surface area contributed by atoms with Crippen LogP contribution in [0.2, 0.25) is 0 Å². The third kappa shape index (κ3) is 8.95. The van der Waals surface area contributed by atoms with Gasteiger partial charge in [-0.2, -0.15) is 12.6 Å². The maximum Gasteiger partial charge on any atom is 0.226 e. The molecular weight excluding hydrogens is 336 g/mol. The Balaban J connectivity index is 0.000000970. The van der Waals surface area contributed by atoms with Gasteiger partial charge in [0.1, 0.15) is 0 Å². The molecule has 6 nitrogen and oxygen atoms in total. The van der Waals surface area contributed by atoms with Gasteiger partial charge in [0.25, 0.3) is 0 Å². The van der Waals surface area contributed by atoms with Crippen LogP contribution in [0.4, 0.5) is 5.95 Å². The van der Waals surface area contributed by atoms with Crippen LogP contribution in [-0.4, -0.2) is 34.6 Å². The van der Waals surface area contributed by atoms with Gasteiger partial charge < -0.3 is 10.3 Å². The van der Waals surface area contributed by atoms with Crippen LogP contribution in [0.1, 0.15) is 32.6 Å². The molecule has 0 spiro atoms. The van der Waals surface area contributed by atoms with Gasteiger partial charge in [-0.15, -0.1) is 0 Å². The molecule has 0 saturated carbocycles. The van der Waals surface area contributed by atoms with Crippen molar-refractivity contribution in [2.24, 2.45) is 0 Å². The molecule has 25 heavy (non-hydrogen) atoms. The molecule has 2 rings (SSSR count). The minimum Gasteiger partial charge on any atom is -0.359 e. The number of hydrogen-bond acceptors (Lipinski definition) is 4. The molecule has 2 aromatic rings. The predicted molar refractivity (Wildman–Crippen MR) is 105 cm³/mol. The number of aromatic amines is 1.